The average Bonchev–Trinajstić information content (AvgIpc) is 2.41. The molecule has 0 saturated heterocycles. The molecule has 0 amide bonds. The van der Waals surface area contributed by atoms with E-state index >= 15 is 0 Å². The maximum atomic E-state index is 13.9. The molecule has 4 nitrogen and oxygen atoms in total. The van der Waals surface area contributed by atoms with Crippen LogP contribution >= 0.6 is 0 Å². The number of nitrogens with zero attached hydrogens (tertiary/aromatic N) is 2. The molecule has 0 aliphatic heterocycles. The van der Waals surface area contributed by atoms with Gasteiger partial charge in [-0.1, -0.05) is 17.9 Å². The lowest BCUT2D eigenvalue weighted by atomic mass is 10.1. The lowest BCUT2D eigenvalue weighted by Crippen LogP contribution is -2.22. The van der Waals surface area contributed by atoms with E-state index in [1.807, 2.05) is 0 Å². The van der Waals surface area contributed by atoms with Crippen molar-refractivity contribution in [3.05, 3.63) is 63.8 Å². The summed E-state index contributed by atoms with van der Waals surface area (Å²) >= 11 is 0. The molecule has 0 bridgehead atoms. The molecule has 0 fully saturated rings. The summed E-state index contributed by atoms with van der Waals surface area (Å²) in [6.07, 6.45) is 1.49. The Bertz CT molecular complexity index is 698. The summed E-state index contributed by atoms with van der Waals surface area (Å²) in [5, 5.41) is 3.88. The Labute approximate surface area is 109 Å². The zero-order valence-electron chi connectivity index (χ0n) is 10.1. The maximum Gasteiger partial charge on any atom is 0.267 e. The Morgan fingerprint density at radius 1 is 1.37 bits per heavy atom. The topological polar surface area (TPSA) is 60.9 Å². The summed E-state index contributed by atoms with van der Waals surface area (Å²) < 4.78 is 15.1. The predicted octanol–water partition coefficient (Wildman–Crippen LogP) is 0.741. The monoisotopic (exact) mass is 257 g/mol. The first-order chi connectivity index (χ1) is 9.20. The Balaban J connectivity index is 2.27. The van der Waals surface area contributed by atoms with E-state index < -0.39 is 5.82 Å². The van der Waals surface area contributed by atoms with Gasteiger partial charge in [-0.2, -0.15) is 5.10 Å². The Hall–Kier alpha value is -2.45. The predicted molar refractivity (Wildman–Crippen MR) is 69.9 cm³/mol. The lowest BCUT2D eigenvalue weighted by Gasteiger charge is -2.05. The van der Waals surface area contributed by atoms with Crippen molar-refractivity contribution in [3.8, 4) is 11.8 Å². The molecule has 1 aromatic carbocycles. The molecule has 19 heavy (non-hydrogen) atoms. The molecule has 2 N–H and O–H groups in total. The Morgan fingerprint density at radius 3 is 2.89 bits per heavy atom. The fraction of sp³-hybridized carbons (Fsp3) is 0.143. The zero-order chi connectivity index (χ0) is 13.7. The number of aromatic nitrogens is 2. The fourth-order valence-electron chi connectivity index (χ4n) is 1.57. The summed E-state index contributed by atoms with van der Waals surface area (Å²) in [5.41, 5.74) is 5.92. The molecule has 2 rings (SSSR count). The van der Waals surface area contributed by atoms with Gasteiger partial charge in [-0.3, -0.25) is 4.79 Å². The molecule has 0 saturated carbocycles. The number of hydrogen-bond acceptors (Lipinski definition) is 3. The highest BCUT2D eigenvalue weighted by molar-refractivity contribution is 5.37. The molecule has 0 unspecified atom stereocenters. The molecule has 0 spiro atoms. The largest absolute Gasteiger partial charge is 0.320 e. The van der Waals surface area contributed by atoms with E-state index in [1.165, 1.54) is 23.0 Å². The molecule has 96 valence electrons. The zero-order valence-corrected chi connectivity index (χ0v) is 10.1. The van der Waals surface area contributed by atoms with E-state index in [0.29, 0.717) is 11.1 Å². The highest BCUT2D eigenvalue weighted by atomic mass is 19.1. The first-order valence-electron chi connectivity index (χ1n) is 5.70. The van der Waals surface area contributed by atoms with Gasteiger partial charge >= 0.3 is 0 Å². The molecule has 0 aliphatic carbocycles. The van der Waals surface area contributed by atoms with Crippen LogP contribution < -0.4 is 11.3 Å². The van der Waals surface area contributed by atoms with Crippen molar-refractivity contribution < 1.29 is 4.39 Å². The fourth-order valence-corrected chi connectivity index (χ4v) is 1.57. The highest BCUT2D eigenvalue weighted by Gasteiger charge is 2.05. The minimum Gasteiger partial charge on any atom is -0.320 e. The van der Waals surface area contributed by atoms with Crippen LogP contribution in [0.25, 0.3) is 0 Å². The van der Waals surface area contributed by atoms with Crippen molar-refractivity contribution >= 4 is 0 Å². The first kappa shape index (κ1) is 13.0. The van der Waals surface area contributed by atoms with Crippen molar-refractivity contribution in [2.24, 2.45) is 5.73 Å². The van der Waals surface area contributed by atoms with Crippen LogP contribution in [0.15, 0.2) is 41.3 Å². The van der Waals surface area contributed by atoms with Gasteiger partial charge in [-0.25, -0.2) is 9.07 Å². The van der Waals surface area contributed by atoms with Gasteiger partial charge < -0.3 is 5.73 Å². The molecular weight excluding hydrogens is 245 g/mol. The summed E-state index contributed by atoms with van der Waals surface area (Å²) in [7, 11) is 0. The number of benzene rings is 1. The molecule has 0 radical (unpaired) electrons. The Kier molecular flexibility index (Phi) is 4.06. The number of nitrogens with two attached hydrogens (primary N) is 1. The van der Waals surface area contributed by atoms with Gasteiger partial charge in [0, 0.05) is 23.4 Å². The third kappa shape index (κ3) is 3.27. The van der Waals surface area contributed by atoms with Gasteiger partial charge in [-0.05, 0) is 18.2 Å². The summed E-state index contributed by atoms with van der Waals surface area (Å²) in [4.78, 5) is 11.5. The van der Waals surface area contributed by atoms with Crippen molar-refractivity contribution in [2.75, 3.05) is 6.54 Å². The quantitative estimate of drug-likeness (QED) is 0.807. The summed E-state index contributed by atoms with van der Waals surface area (Å²) in [6.45, 7) is 0.322. The molecule has 0 aliphatic rings. The molecule has 1 aromatic heterocycles. The maximum absolute atomic E-state index is 13.9. The number of hydrogen-bond donors (Lipinski definition) is 1. The molecule has 2 aromatic rings. The summed E-state index contributed by atoms with van der Waals surface area (Å²) in [6, 6.07) is 7.53. The average molecular weight is 257 g/mol. The van der Waals surface area contributed by atoms with Crippen LogP contribution in [0.1, 0.15) is 11.1 Å². The molecule has 5 heteroatoms. The normalized spacial score (nSPS) is 9.79. The molecule has 0 atom stereocenters. The van der Waals surface area contributed by atoms with E-state index in [0.717, 1.165) is 0 Å². The highest BCUT2D eigenvalue weighted by Crippen LogP contribution is 2.10. The van der Waals surface area contributed by atoms with E-state index in [9.17, 15) is 9.18 Å². The minimum atomic E-state index is -0.415. The SMILES string of the molecule is NCC#Cc1ccc(Cn2ncccc2=O)c(F)c1. The van der Waals surface area contributed by atoms with Gasteiger partial charge in [0.2, 0.25) is 0 Å². The van der Waals surface area contributed by atoms with E-state index in [-0.39, 0.29) is 18.6 Å². The van der Waals surface area contributed by atoms with Crippen LogP contribution in [0, 0.1) is 17.7 Å². The van der Waals surface area contributed by atoms with Crippen LogP contribution in [-0.2, 0) is 6.54 Å². The first-order valence-corrected chi connectivity index (χ1v) is 5.70. The molecular formula is C14H12FN3O. The van der Waals surface area contributed by atoms with Gasteiger partial charge in [0.15, 0.2) is 0 Å². The third-order valence-electron chi connectivity index (χ3n) is 2.49. The number of rotatable bonds is 2. The second-order valence-electron chi connectivity index (χ2n) is 3.83. The van der Waals surface area contributed by atoms with Gasteiger partial charge in [0.1, 0.15) is 5.82 Å². The van der Waals surface area contributed by atoms with Crippen LogP contribution in [0.4, 0.5) is 4.39 Å². The second kappa shape index (κ2) is 5.94. The van der Waals surface area contributed by atoms with Crippen molar-refractivity contribution in [2.45, 2.75) is 6.54 Å². The van der Waals surface area contributed by atoms with E-state index in [4.69, 9.17) is 5.73 Å². The van der Waals surface area contributed by atoms with E-state index in [1.54, 1.807) is 18.2 Å². The smallest absolute Gasteiger partial charge is 0.267 e. The minimum absolute atomic E-state index is 0.0934. The van der Waals surface area contributed by atoms with Crippen molar-refractivity contribution in [1.82, 2.24) is 9.78 Å². The molecule has 1 heterocycles. The number of halogens is 1. The van der Waals surface area contributed by atoms with Gasteiger partial charge in [0.25, 0.3) is 5.56 Å². The van der Waals surface area contributed by atoms with E-state index in [2.05, 4.69) is 16.9 Å². The van der Waals surface area contributed by atoms with Crippen LogP contribution in [0.2, 0.25) is 0 Å². The van der Waals surface area contributed by atoms with Gasteiger partial charge in [0.05, 0.1) is 13.1 Å². The third-order valence-corrected chi connectivity index (χ3v) is 2.49. The van der Waals surface area contributed by atoms with Gasteiger partial charge in [-0.15, -0.1) is 0 Å². The van der Waals surface area contributed by atoms with Crippen LogP contribution in [0.5, 0.6) is 0 Å². The van der Waals surface area contributed by atoms with Crippen LogP contribution in [0.3, 0.4) is 0 Å². The lowest BCUT2D eigenvalue weighted by molar-refractivity contribution is 0.572. The van der Waals surface area contributed by atoms with Crippen molar-refractivity contribution in [3.63, 3.8) is 0 Å². The summed E-state index contributed by atoms with van der Waals surface area (Å²) in [5.74, 6) is 4.99. The van der Waals surface area contributed by atoms with Crippen LogP contribution in [-0.4, -0.2) is 16.3 Å². The van der Waals surface area contributed by atoms with Crippen molar-refractivity contribution in [1.29, 1.82) is 0 Å². The standard InChI is InChI=1S/C14H12FN3O/c15-13-9-11(3-1-7-16)5-6-12(13)10-18-14(19)4-2-8-17-18/h2,4-6,8-9H,7,10,16H2. The second-order valence-corrected chi connectivity index (χ2v) is 3.83. The Morgan fingerprint density at radius 2 is 2.21 bits per heavy atom.